The van der Waals surface area contributed by atoms with Crippen LogP contribution in [0.5, 0.6) is 0 Å². The predicted molar refractivity (Wildman–Crippen MR) is 101 cm³/mol. The van der Waals surface area contributed by atoms with E-state index in [4.69, 9.17) is 11.6 Å². The summed E-state index contributed by atoms with van der Waals surface area (Å²) in [5.74, 6) is -1.87. The second-order valence-electron chi connectivity index (χ2n) is 6.26. The van der Waals surface area contributed by atoms with Gasteiger partial charge in [0, 0.05) is 37.0 Å². The first-order valence-electron chi connectivity index (χ1n) is 8.27. The lowest BCUT2D eigenvalue weighted by atomic mass is 10.1. The van der Waals surface area contributed by atoms with Gasteiger partial charge < -0.3 is 15.5 Å². The first kappa shape index (κ1) is 18.8. The van der Waals surface area contributed by atoms with Crippen LogP contribution in [0.1, 0.15) is 13.3 Å². The Bertz CT molecular complexity index is 919. The fraction of sp³-hybridized carbons (Fsp3) is 0.211. The van der Waals surface area contributed by atoms with Crippen LogP contribution in [0.2, 0.25) is 5.02 Å². The van der Waals surface area contributed by atoms with Crippen molar-refractivity contribution in [3.8, 4) is 0 Å². The molecule has 2 N–H and O–H groups in total. The molecular formula is C19H17ClFN3O3. The quantitative estimate of drug-likeness (QED) is 0.840. The van der Waals surface area contributed by atoms with E-state index in [1.165, 1.54) is 30.0 Å². The summed E-state index contributed by atoms with van der Waals surface area (Å²) >= 11 is 5.77. The smallest absolute Gasteiger partial charge is 0.229 e. The molecule has 0 unspecified atom stereocenters. The summed E-state index contributed by atoms with van der Waals surface area (Å²) in [6.45, 7) is 1.57. The molecular weight excluding hydrogens is 373 g/mol. The molecule has 3 amide bonds. The van der Waals surface area contributed by atoms with Crippen LogP contribution in [0.15, 0.2) is 42.5 Å². The molecule has 1 saturated heterocycles. The number of amides is 3. The van der Waals surface area contributed by atoms with Crippen molar-refractivity contribution in [3.05, 3.63) is 53.3 Å². The molecule has 8 heteroatoms. The summed E-state index contributed by atoms with van der Waals surface area (Å²) in [6, 6.07) is 10.7. The zero-order chi connectivity index (χ0) is 19.6. The Kier molecular flexibility index (Phi) is 5.41. The Morgan fingerprint density at radius 2 is 1.85 bits per heavy atom. The molecule has 0 bridgehead atoms. The Hall–Kier alpha value is -2.93. The molecule has 1 fully saturated rings. The van der Waals surface area contributed by atoms with Crippen molar-refractivity contribution >= 4 is 46.4 Å². The fourth-order valence-corrected chi connectivity index (χ4v) is 3.08. The molecule has 6 nitrogen and oxygen atoms in total. The van der Waals surface area contributed by atoms with Gasteiger partial charge in [-0.1, -0.05) is 17.7 Å². The number of hydrogen-bond donors (Lipinski definition) is 2. The maximum absolute atomic E-state index is 13.3. The highest BCUT2D eigenvalue weighted by molar-refractivity contribution is 6.31. The van der Waals surface area contributed by atoms with E-state index in [0.29, 0.717) is 17.1 Å². The molecule has 3 rings (SSSR count). The van der Waals surface area contributed by atoms with E-state index in [1.54, 1.807) is 24.3 Å². The largest absolute Gasteiger partial charge is 0.326 e. The maximum atomic E-state index is 13.3. The number of rotatable bonds is 4. The molecule has 0 radical (unpaired) electrons. The summed E-state index contributed by atoms with van der Waals surface area (Å²) in [6.07, 6.45) is 0.0478. The van der Waals surface area contributed by atoms with E-state index in [-0.39, 0.29) is 35.7 Å². The zero-order valence-corrected chi connectivity index (χ0v) is 15.2. The topological polar surface area (TPSA) is 78.5 Å². The molecule has 1 heterocycles. The van der Waals surface area contributed by atoms with Crippen LogP contribution >= 0.6 is 11.6 Å². The Morgan fingerprint density at radius 1 is 1.15 bits per heavy atom. The molecule has 0 aromatic heterocycles. The van der Waals surface area contributed by atoms with E-state index in [0.717, 1.165) is 0 Å². The second kappa shape index (κ2) is 7.75. The molecule has 1 aliphatic heterocycles. The summed E-state index contributed by atoms with van der Waals surface area (Å²) in [5.41, 5.74) is 1.53. The number of anilines is 3. The van der Waals surface area contributed by atoms with Gasteiger partial charge in [0.1, 0.15) is 5.82 Å². The highest BCUT2D eigenvalue weighted by Crippen LogP contribution is 2.29. The molecule has 0 aliphatic carbocycles. The molecule has 27 heavy (non-hydrogen) atoms. The van der Waals surface area contributed by atoms with Crippen LogP contribution in [-0.2, 0) is 14.4 Å². The van der Waals surface area contributed by atoms with Crippen LogP contribution in [0.4, 0.5) is 21.5 Å². The summed E-state index contributed by atoms with van der Waals surface area (Å²) in [4.78, 5) is 37.4. The van der Waals surface area contributed by atoms with Gasteiger partial charge >= 0.3 is 0 Å². The third-order valence-corrected chi connectivity index (χ3v) is 4.45. The molecule has 2 aromatic rings. The van der Waals surface area contributed by atoms with Crippen molar-refractivity contribution in [1.82, 2.24) is 0 Å². The molecule has 140 valence electrons. The Labute approximate surface area is 160 Å². The normalized spacial score (nSPS) is 16.3. The van der Waals surface area contributed by atoms with Gasteiger partial charge in [0.2, 0.25) is 17.7 Å². The van der Waals surface area contributed by atoms with E-state index in [1.807, 2.05) is 0 Å². The van der Waals surface area contributed by atoms with Crippen LogP contribution < -0.4 is 15.5 Å². The lowest BCUT2D eigenvalue weighted by Gasteiger charge is -2.17. The molecule has 2 aromatic carbocycles. The van der Waals surface area contributed by atoms with E-state index in [9.17, 15) is 18.8 Å². The number of carbonyl (C=O) groups excluding carboxylic acids is 3. The average molecular weight is 390 g/mol. The van der Waals surface area contributed by atoms with Gasteiger partial charge in [-0.15, -0.1) is 0 Å². The molecule has 0 spiro atoms. The maximum Gasteiger partial charge on any atom is 0.229 e. The van der Waals surface area contributed by atoms with Gasteiger partial charge in [-0.25, -0.2) is 4.39 Å². The van der Waals surface area contributed by atoms with Crippen LogP contribution in [0, 0.1) is 11.7 Å². The van der Waals surface area contributed by atoms with Crippen molar-refractivity contribution in [3.63, 3.8) is 0 Å². The van der Waals surface area contributed by atoms with Crippen molar-refractivity contribution in [1.29, 1.82) is 0 Å². The number of benzene rings is 2. The van der Waals surface area contributed by atoms with Crippen molar-refractivity contribution in [2.24, 2.45) is 5.92 Å². The predicted octanol–water partition coefficient (Wildman–Crippen LogP) is 3.43. The Balaban J connectivity index is 1.69. The first-order chi connectivity index (χ1) is 12.8. The summed E-state index contributed by atoms with van der Waals surface area (Å²) in [7, 11) is 0. The average Bonchev–Trinajstić information content (AvgIpc) is 2.99. The summed E-state index contributed by atoms with van der Waals surface area (Å²) < 4.78 is 13.3. The minimum absolute atomic E-state index is 0.0478. The zero-order valence-electron chi connectivity index (χ0n) is 14.5. The van der Waals surface area contributed by atoms with Crippen LogP contribution in [0.3, 0.4) is 0 Å². The van der Waals surface area contributed by atoms with E-state index < -0.39 is 11.7 Å². The van der Waals surface area contributed by atoms with Gasteiger partial charge in [-0.3, -0.25) is 14.4 Å². The van der Waals surface area contributed by atoms with Crippen LogP contribution in [0.25, 0.3) is 0 Å². The lowest BCUT2D eigenvalue weighted by molar-refractivity contribution is -0.122. The number of carbonyl (C=O) groups is 3. The van der Waals surface area contributed by atoms with E-state index >= 15 is 0 Å². The number of halogens is 2. The number of hydrogen-bond acceptors (Lipinski definition) is 3. The number of nitrogens with zero attached hydrogens (tertiary/aromatic N) is 1. The van der Waals surface area contributed by atoms with Crippen molar-refractivity contribution in [2.45, 2.75) is 13.3 Å². The third kappa shape index (κ3) is 4.43. The van der Waals surface area contributed by atoms with Gasteiger partial charge in [0.25, 0.3) is 0 Å². The van der Waals surface area contributed by atoms with Gasteiger partial charge in [-0.05, 0) is 36.4 Å². The summed E-state index contributed by atoms with van der Waals surface area (Å²) in [5, 5.41) is 5.31. The molecule has 0 saturated carbocycles. The lowest BCUT2D eigenvalue weighted by Crippen LogP contribution is -2.28. The van der Waals surface area contributed by atoms with E-state index in [2.05, 4.69) is 10.6 Å². The standard InChI is InChI=1S/C19H17ClFN3O3/c1-11(25)22-13-3-2-4-14(8-13)23-19(27)12-7-18(26)24(10-12)15-5-6-17(21)16(20)9-15/h2-6,8-9,12H,7,10H2,1H3,(H,22,25)(H,23,27)/t12-/m1/s1. The molecule has 1 atom stereocenters. The Morgan fingerprint density at radius 3 is 2.52 bits per heavy atom. The fourth-order valence-electron chi connectivity index (χ4n) is 2.91. The SMILES string of the molecule is CC(=O)Nc1cccc(NC(=O)[C@@H]2CC(=O)N(c3ccc(F)c(Cl)c3)C2)c1. The minimum atomic E-state index is -0.569. The van der Waals surface area contributed by atoms with Gasteiger partial charge in [-0.2, -0.15) is 0 Å². The highest BCUT2D eigenvalue weighted by Gasteiger charge is 2.35. The van der Waals surface area contributed by atoms with Crippen LogP contribution in [-0.4, -0.2) is 24.3 Å². The third-order valence-electron chi connectivity index (χ3n) is 4.16. The molecule has 1 aliphatic rings. The highest BCUT2D eigenvalue weighted by atomic mass is 35.5. The van der Waals surface area contributed by atoms with Gasteiger partial charge in [0.15, 0.2) is 0 Å². The second-order valence-corrected chi connectivity index (χ2v) is 6.66. The monoisotopic (exact) mass is 389 g/mol. The number of nitrogens with one attached hydrogen (secondary N) is 2. The van der Waals surface area contributed by atoms with Gasteiger partial charge in [0.05, 0.1) is 10.9 Å². The van der Waals surface area contributed by atoms with Crippen molar-refractivity contribution in [2.75, 3.05) is 22.1 Å². The van der Waals surface area contributed by atoms with Crippen molar-refractivity contribution < 1.29 is 18.8 Å². The minimum Gasteiger partial charge on any atom is -0.326 e. The first-order valence-corrected chi connectivity index (χ1v) is 8.65.